The fourth-order valence-corrected chi connectivity index (χ4v) is 1.25. The van der Waals surface area contributed by atoms with Crippen LogP contribution in [0.3, 0.4) is 0 Å². The topological polar surface area (TPSA) is 45.5 Å². The molecule has 0 bridgehead atoms. The number of nitrogens with one attached hydrogen (secondary N) is 1. The predicted molar refractivity (Wildman–Crippen MR) is 67.8 cm³/mol. The van der Waals surface area contributed by atoms with Crippen LogP contribution in [0.5, 0.6) is 0 Å². The highest BCUT2D eigenvalue weighted by Gasteiger charge is 2.20. The molecule has 0 aliphatic rings. The van der Waals surface area contributed by atoms with Crippen LogP contribution in [0.4, 0.5) is 0 Å². The third-order valence-electron chi connectivity index (χ3n) is 3.11. The lowest BCUT2D eigenvalue weighted by Gasteiger charge is -2.32. The summed E-state index contributed by atoms with van der Waals surface area (Å²) < 4.78 is 5.18. The number of likely N-dealkylation sites (N-methyl/N-ethyl adjacent to an activating group) is 1. The molecule has 0 aromatic carbocycles. The van der Waals surface area contributed by atoms with Crippen molar-refractivity contribution in [3.63, 3.8) is 0 Å². The fourth-order valence-electron chi connectivity index (χ4n) is 1.25. The van der Waals surface area contributed by atoms with Gasteiger partial charge < -0.3 is 14.6 Å². The Labute approximate surface area is 103 Å². The molecule has 0 radical (unpaired) electrons. The second-order valence-corrected chi connectivity index (χ2v) is 5.06. The van der Waals surface area contributed by atoms with Crippen molar-refractivity contribution in [2.45, 2.75) is 32.2 Å². The van der Waals surface area contributed by atoms with Crippen LogP contribution in [-0.4, -0.2) is 37.0 Å². The Morgan fingerprint density at radius 1 is 1.47 bits per heavy atom. The molecule has 1 aromatic rings. The Morgan fingerprint density at radius 3 is 2.71 bits per heavy atom. The molecule has 4 nitrogen and oxygen atoms in total. The van der Waals surface area contributed by atoms with E-state index in [0.717, 1.165) is 5.76 Å². The molecule has 96 valence electrons. The molecule has 0 fully saturated rings. The van der Waals surface area contributed by atoms with Crippen molar-refractivity contribution in [3.8, 4) is 0 Å². The Kier molecular flexibility index (Phi) is 4.75. The first-order valence-corrected chi connectivity index (χ1v) is 5.88. The summed E-state index contributed by atoms with van der Waals surface area (Å²) in [6.07, 6.45) is 2.75. The zero-order valence-corrected chi connectivity index (χ0v) is 11.1. The van der Waals surface area contributed by atoms with Gasteiger partial charge in [0.2, 0.25) is 5.91 Å². The van der Waals surface area contributed by atoms with E-state index in [2.05, 4.69) is 24.1 Å². The maximum Gasteiger partial charge on any atom is 0.220 e. The maximum atomic E-state index is 11.6. The van der Waals surface area contributed by atoms with Gasteiger partial charge >= 0.3 is 0 Å². The van der Waals surface area contributed by atoms with E-state index >= 15 is 0 Å². The number of hydrogen-bond donors (Lipinski definition) is 1. The molecule has 0 spiro atoms. The molecule has 1 amide bonds. The van der Waals surface area contributed by atoms with Crippen LogP contribution in [-0.2, 0) is 11.2 Å². The monoisotopic (exact) mass is 238 g/mol. The Bertz CT molecular complexity index is 342. The lowest BCUT2D eigenvalue weighted by Crippen LogP contribution is -2.48. The predicted octanol–water partition coefficient (Wildman–Crippen LogP) is 1.67. The van der Waals surface area contributed by atoms with Crippen molar-refractivity contribution in [1.29, 1.82) is 0 Å². The van der Waals surface area contributed by atoms with E-state index < -0.39 is 0 Å². The average molecular weight is 238 g/mol. The number of carbonyl (C=O) groups is 1. The third kappa shape index (κ3) is 4.61. The van der Waals surface area contributed by atoms with Crippen molar-refractivity contribution in [1.82, 2.24) is 10.2 Å². The highest BCUT2D eigenvalue weighted by Crippen LogP contribution is 2.08. The molecule has 0 atom stereocenters. The zero-order valence-electron chi connectivity index (χ0n) is 11.1. The Hall–Kier alpha value is -1.29. The summed E-state index contributed by atoms with van der Waals surface area (Å²) in [7, 11) is 4.02. The molecule has 1 heterocycles. The quantitative estimate of drug-likeness (QED) is 0.820. The van der Waals surface area contributed by atoms with Gasteiger partial charge in [0.15, 0.2) is 0 Å². The summed E-state index contributed by atoms with van der Waals surface area (Å²) in [6.45, 7) is 4.84. The second-order valence-electron chi connectivity index (χ2n) is 5.06. The molecule has 0 saturated carbocycles. The van der Waals surface area contributed by atoms with E-state index in [9.17, 15) is 4.79 Å². The van der Waals surface area contributed by atoms with Crippen molar-refractivity contribution in [2.75, 3.05) is 20.6 Å². The van der Waals surface area contributed by atoms with Gasteiger partial charge in [-0.15, -0.1) is 0 Å². The minimum Gasteiger partial charge on any atom is -0.469 e. The van der Waals surface area contributed by atoms with E-state index in [1.807, 2.05) is 26.2 Å². The van der Waals surface area contributed by atoms with E-state index in [4.69, 9.17) is 4.42 Å². The van der Waals surface area contributed by atoms with Crippen LogP contribution in [0, 0.1) is 0 Å². The van der Waals surface area contributed by atoms with E-state index in [1.165, 1.54) is 0 Å². The second kappa shape index (κ2) is 5.87. The molecular formula is C13H22N2O2. The van der Waals surface area contributed by atoms with Crippen molar-refractivity contribution in [3.05, 3.63) is 24.2 Å². The summed E-state index contributed by atoms with van der Waals surface area (Å²) >= 11 is 0. The van der Waals surface area contributed by atoms with Crippen LogP contribution in [0.1, 0.15) is 26.0 Å². The number of hydrogen-bond acceptors (Lipinski definition) is 3. The number of carbonyl (C=O) groups excluding carboxylic acids is 1. The Balaban J connectivity index is 2.26. The summed E-state index contributed by atoms with van der Waals surface area (Å²) in [5, 5.41) is 2.94. The number of amides is 1. The number of nitrogens with zero attached hydrogens (tertiary/aromatic N) is 1. The molecule has 1 rings (SSSR count). The van der Waals surface area contributed by atoms with Crippen molar-refractivity contribution in [2.24, 2.45) is 0 Å². The van der Waals surface area contributed by atoms with Gasteiger partial charge in [-0.3, -0.25) is 4.79 Å². The van der Waals surface area contributed by atoms with Gasteiger partial charge in [0.25, 0.3) is 0 Å². The maximum absolute atomic E-state index is 11.6. The molecule has 0 aliphatic carbocycles. The normalized spacial score (nSPS) is 11.8. The summed E-state index contributed by atoms with van der Waals surface area (Å²) in [6, 6.07) is 3.72. The smallest absolute Gasteiger partial charge is 0.220 e. The van der Waals surface area contributed by atoms with Gasteiger partial charge in [-0.25, -0.2) is 0 Å². The zero-order chi connectivity index (χ0) is 12.9. The van der Waals surface area contributed by atoms with Crippen LogP contribution >= 0.6 is 0 Å². The molecule has 0 aliphatic heterocycles. The standard InChI is InChI=1S/C13H22N2O2/c1-13(2,15(3)4)10-14-12(16)8-7-11-6-5-9-17-11/h5-6,9H,7-8,10H2,1-4H3,(H,14,16). The highest BCUT2D eigenvalue weighted by atomic mass is 16.3. The fraction of sp³-hybridized carbons (Fsp3) is 0.615. The highest BCUT2D eigenvalue weighted by molar-refractivity contribution is 5.76. The molecule has 1 N–H and O–H groups in total. The Morgan fingerprint density at radius 2 is 2.18 bits per heavy atom. The van der Waals surface area contributed by atoms with Gasteiger partial charge in [-0.05, 0) is 40.1 Å². The SMILES string of the molecule is CN(C)C(C)(C)CNC(=O)CCc1ccco1. The van der Waals surface area contributed by atoms with Gasteiger partial charge in [-0.2, -0.15) is 0 Å². The molecule has 17 heavy (non-hydrogen) atoms. The van der Waals surface area contributed by atoms with Crippen molar-refractivity contribution < 1.29 is 9.21 Å². The summed E-state index contributed by atoms with van der Waals surface area (Å²) in [4.78, 5) is 13.7. The lowest BCUT2D eigenvalue weighted by molar-refractivity contribution is -0.121. The summed E-state index contributed by atoms with van der Waals surface area (Å²) in [5.74, 6) is 0.920. The van der Waals surface area contributed by atoms with Gasteiger partial charge in [0, 0.05) is 24.9 Å². The van der Waals surface area contributed by atoms with E-state index in [0.29, 0.717) is 19.4 Å². The van der Waals surface area contributed by atoms with Crippen molar-refractivity contribution >= 4 is 5.91 Å². The molecule has 4 heteroatoms. The number of furan rings is 1. The molecule has 1 aromatic heterocycles. The molecular weight excluding hydrogens is 216 g/mol. The third-order valence-corrected chi connectivity index (χ3v) is 3.11. The summed E-state index contributed by atoms with van der Waals surface area (Å²) in [5.41, 5.74) is -0.0274. The first-order valence-electron chi connectivity index (χ1n) is 5.88. The molecule has 0 saturated heterocycles. The minimum atomic E-state index is -0.0274. The van der Waals surface area contributed by atoms with Gasteiger partial charge in [0.1, 0.15) is 5.76 Å². The number of aryl methyl sites for hydroxylation is 1. The van der Waals surface area contributed by atoms with E-state index in [1.54, 1.807) is 6.26 Å². The largest absolute Gasteiger partial charge is 0.469 e. The number of rotatable bonds is 6. The van der Waals surface area contributed by atoms with E-state index in [-0.39, 0.29) is 11.4 Å². The van der Waals surface area contributed by atoms with Crippen LogP contribution in [0.15, 0.2) is 22.8 Å². The van der Waals surface area contributed by atoms with Crippen LogP contribution in [0.2, 0.25) is 0 Å². The molecule has 0 unspecified atom stereocenters. The average Bonchev–Trinajstić information content (AvgIpc) is 2.76. The minimum absolute atomic E-state index is 0.0274. The van der Waals surface area contributed by atoms with Gasteiger partial charge in [-0.1, -0.05) is 0 Å². The first-order chi connectivity index (χ1) is 7.92. The first kappa shape index (κ1) is 13.8. The van der Waals surface area contributed by atoms with Gasteiger partial charge in [0.05, 0.1) is 6.26 Å². The van der Waals surface area contributed by atoms with Crippen LogP contribution in [0.25, 0.3) is 0 Å². The van der Waals surface area contributed by atoms with Crippen LogP contribution < -0.4 is 5.32 Å². The lowest BCUT2D eigenvalue weighted by atomic mass is 10.0.